The molecule has 1 amide bonds. The van der Waals surface area contributed by atoms with Crippen LogP contribution in [0, 0.1) is 6.92 Å². The first-order valence-electron chi connectivity index (χ1n) is 5.59. The van der Waals surface area contributed by atoms with Gasteiger partial charge in [-0.05, 0) is 26.8 Å². The van der Waals surface area contributed by atoms with Crippen LogP contribution in [0.4, 0.5) is 0 Å². The van der Waals surface area contributed by atoms with Crippen LogP contribution in [0.2, 0.25) is 0 Å². The lowest BCUT2D eigenvalue weighted by atomic mass is 10.3. The Labute approximate surface area is 106 Å². The van der Waals surface area contributed by atoms with Crippen LogP contribution < -0.4 is 5.32 Å². The molecule has 1 aromatic heterocycles. The summed E-state index contributed by atoms with van der Waals surface area (Å²) < 4.78 is 10.6. The second kappa shape index (κ2) is 6.67. The first-order valence-corrected chi connectivity index (χ1v) is 6.13. The predicted octanol–water partition coefficient (Wildman–Crippen LogP) is 2.48. The van der Waals surface area contributed by atoms with Gasteiger partial charge >= 0.3 is 0 Å². The molecule has 0 aliphatic heterocycles. The van der Waals surface area contributed by atoms with Gasteiger partial charge in [-0.2, -0.15) is 0 Å². The van der Waals surface area contributed by atoms with Crippen LogP contribution in [0.15, 0.2) is 10.5 Å². The van der Waals surface area contributed by atoms with E-state index in [2.05, 4.69) is 5.32 Å². The predicted molar refractivity (Wildman–Crippen MR) is 66.4 cm³/mol. The third kappa shape index (κ3) is 4.40. The fraction of sp³-hybridized carbons (Fsp3) is 0.583. The minimum absolute atomic E-state index is 0.167. The molecule has 5 heteroatoms. The van der Waals surface area contributed by atoms with Crippen molar-refractivity contribution in [3.8, 4) is 0 Å². The molecule has 0 bridgehead atoms. The van der Waals surface area contributed by atoms with Gasteiger partial charge in [-0.25, -0.2) is 0 Å². The third-order valence-electron chi connectivity index (χ3n) is 2.23. The quantitative estimate of drug-likeness (QED) is 0.631. The van der Waals surface area contributed by atoms with Gasteiger partial charge in [0.05, 0.1) is 18.6 Å². The van der Waals surface area contributed by atoms with Crippen molar-refractivity contribution in [1.82, 2.24) is 5.32 Å². The summed E-state index contributed by atoms with van der Waals surface area (Å²) in [5.41, 5.74) is 0.843. The van der Waals surface area contributed by atoms with Crippen molar-refractivity contribution in [3.05, 3.63) is 23.2 Å². The first kappa shape index (κ1) is 14.1. The average Bonchev–Trinajstić information content (AvgIpc) is 2.65. The molecule has 0 spiro atoms. The summed E-state index contributed by atoms with van der Waals surface area (Å²) in [6.07, 6.45) is 0.167. The van der Waals surface area contributed by atoms with Crippen LogP contribution >= 0.6 is 11.6 Å². The standard InChI is InChI=1S/C12H18ClNO3/c1-8(2)16-5-4-14-12(15)11-6-10(7-13)9(3)17-11/h6,8H,4-5,7H2,1-3H3,(H,14,15). The molecule has 0 radical (unpaired) electrons. The SMILES string of the molecule is Cc1oc(C(=O)NCCOC(C)C)cc1CCl. The van der Waals surface area contributed by atoms with E-state index < -0.39 is 0 Å². The van der Waals surface area contributed by atoms with Crippen LogP contribution in [0.5, 0.6) is 0 Å². The average molecular weight is 260 g/mol. The summed E-state index contributed by atoms with van der Waals surface area (Å²) in [5, 5.41) is 2.72. The Morgan fingerprint density at radius 2 is 2.29 bits per heavy atom. The van der Waals surface area contributed by atoms with Crippen molar-refractivity contribution < 1.29 is 13.9 Å². The second-order valence-corrected chi connectivity index (χ2v) is 4.27. The molecular formula is C12H18ClNO3. The highest BCUT2D eigenvalue weighted by Gasteiger charge is 2.13. The zero-order chi connectivity index (χ0) is 12.8. The molecule has 0 aromatic carbocycles. The van der Waals surface area contributed by atoms with Gasteiger partial charge in [0.1, 0.15) is 5.76 Å². The summed E-state index contributed by atoms with van der Waals surface area (Å²) >= 11 is 5.70. The molecule has 96 valence electrons. The zero-order valence-corrected chi connectivity index (χ0v) is 11.1. The lowest BCUT2D eigenvalue weighted by Gasteiger charge is -2.07. The third-order valence-corrected chi connectivity index (χ3v) is 2.52. The lowest BCUT2D eigenvalue weighted by molar-refractivity contribution is 0.0736. The topological polar surface area (TPSA) is 51.5 Å². The summed E-state index contributed by atoms with van der Waals surface area (Å²) in [6, 6.07) is 1.67. The first-order chi connectivity index (χ1) is 8.04. The van der Waals surface area contributed by atoms with Crippen LogP contribution in [0.25, 0.3) is 0 Å². The van der Waals surface area contributed by atoms with E-state index in [0.717, 1.165) is 5.56 Å². The molecule has 1 aromatic rings. The van der Waals surface area contributed by atoms with E-state index in [1.807, 2.05) is 13.8 Å². The van der Waals surface area contributed by atoms with Crippen molar-refractivity contribution in [1.29, 1.82) is 0 Å². The molecule has 1 heterocycles. The Morgan fingerprint density at radius 3 is 2.82 bits per heavy atom. The fourth-order valence-electron chi connectivity index (χ4n) is 1.31. The number of hydrogen-bond donors (Lipinski definition) is 1. The van der Waals surface area contributed by atoms with Gasteiger partial charge in [0.15, 0.2) is 5.76 Å². The number of aryl methyl sites for hydroxylation is 1. The Balaban J connectivity index is 2.41. The molecule has 0 aliphatic rings. The number of carbonyl (C=O) groups is 1. The number of rotatable bonds is 6. The molecule has 0 saturated heterocycles. The van der Waals surface area contributed by atoms with Gasteiger partial charge in [-0.1, -0.05) is 0 Å². The van der Waals surface area contributed by atoms with Crippen molar-refractivity contribution in [2.24, 2.45) is 0 Å². The molecule has 1 N–H and O–H groups in total. The summed E-state index contributed by atoms with van der Waals surface area (Å²) in [7, 11) is 0. The highest BCUT2D eigenvalue weighted by molar-refractivity contribution is 6.17. The number of nitrogens with one attached hydrogen (secondary N) is 1. The molecule has 0 aliphatic carbocycles. The number of halogens is 1. The Hall–Kier alpha value is -1.00. The highest BCUT2D eigenvalue weighted by atomic mass is 35.5. The van der Waals surface area contributed by atoms with Crippen LogP contribution in [-0.4, -0.2) is 25.2 Å². The van der Waals surface area contributed by atoms with Gasteiger partial charge in [0.2, 0.25) is 0 Å². The maximum absolute atomic E-state index is 11.7. The second-order valence-electron chi connectivity index (χ2n) is 4.00. The summed E-state index contributed by atoms with van der Waals surface area (Å²) in [6.45, 7) is 6.64. The van der Waals surface area contributed by atoms with E-state index >= 15 is 0 Å². The van der Waals surface area contributed by atoms with Crippen LogP contribution in [0.1, 0.15) is 35.7 Å². The fourth-order valence-corrected chi connectivity index (χ4v) is 1.58. The lowest BCUT2D eigenvalue weighted by Crippen LogP contribution is -2.27. The number of amides is 1. The minimum Gasteiger partial charge on any atom is -0.456 e. The molecule has 0 unspecified atom stereocenters. The molecule has 1 rings (SSSR count). The van der Waals surface area contributed by atoms with Gasteiger partial charge in [-0.15, -0.1) is 11.6 Å². The summed E-state index contributed by atoms with van der Waals surface area (Å²) in [4.78, 5) is 11.7. The van der Waals surface area contributed by atoms with Crippen molar-refractivity contribution in [3.63, 3.8) is 0 Å². The molecule has 4 nitrogen and oxygen atoms in total. The van der Waals surface area contributed by atoms with Crippen LogP contribution in [0.3, 0.4) is 0 Å². The number of ether oxygens (including phenoxy) is 1. The maximum Gasteiger partial charge on any atom is 0.287 e. The van der Waals surface area contributed by atoms with E-state index in [1.165, 1.54) is 0 Å². The van der Waals surface area contributed by atoms with Crippen molar-refractivity contribution in [2.75, 3.05) is 13.2 Å². The van der Waals surface area contributed by atoms with Gasteiger partial charge in [-0.3, -0.25) is 4.79 Å². The monoisotopic (exact) mass is 259 g/mol. The van der Waals surface area contributed by atoms with E-state index in [9.17, 15) is 4.79 Å². The Morgan fingerprint density at radius 1 is 1.59 bits per heavy atom. The van der Waals surface area contributed by atoms with Gasteiger partial charge < -0.3 is 14.5 Å². The van der Waals surface area contributed by atoms with Crippen molar-refractivity contribution >= 4 is 17.5 Å². The molecule has 0 atom stereocenters. The molecule has 0 saturated carbocycles. The van der Waals surface area contributed by atoms with E-state index in [4.69, 9.17) is 20.8 Å². The highest BCUT2D eigenvalue weighted by Crippen LogP contribution is 2.16. The number of alkyl halides is 1. The Bertz CT molecular complexity index is 374. The van der Waals surface area contributed by atoms with Crippen LogP contribution in [-0.2, 0) is 10.6 Å². The summed E-state index contributed by atoms with van der Waals surface area (Å²) in [5.74, 6) is 1.09. The van der Waals surface area contributed by atoms with E-state index in [1.54, 1.807) is 13.0 Å². The molecule has 17 heavy (non-hydrogen) atoms. The molecule has 0 fully saturated rings. The number of hydrogen-bond acceptors (Lipinski definition) is 3. The van der Waals surface area contributed by atoms with Gasteiger partial charge in [0, 0.05) is 12.1 Å². The largest absolute Gasteiger partial charge is 0.456 e. The number of carbonyl (C=O) groups excluding carboxylic acids is 1. The molecular weight excluding hydrogens is 242 g/mol. The number of furan rings is 1. The zero-order valence-electron chi connectivity index (χ0n) is 10.4. The minimum atomic E-state index is -0.239. The Kier molecular flexibility index (Phi) is 5.51. The maximum atomic E-state index is 11.7. The normalized spacial score (nSPS) is 10.9. The van der Waals surface area contributed by atoms with E-state index in [0.29, 0.717) is 30.6 Å². The van der Waals surface area contributed by atoms with Gasteiger partial charge in [0.25, 0.3) is 5.91 Å². The van der Waals surface area contributed by atoms with Crippen molar-refractivity contribution in [2.45, 2.75) is 32.8 Å². The smallest absolute Gasteiger partial charge is 0.287 e. The van der Waals surface area contributed by atoms with E-state index in [-0.39, 0.29) is 12.0 Å².